The Bertz CT molecular complexity index is 383. The summed E-state index contributed by atoms with van der Waals surface area (Å²) in [4.78, 5) is 0. The third-order valence-corrected chi connectivity index (χ3v) is 4.35. The first kappa shape index (κ1) is 15.1. The summed E-state index contributed by atoms with van der Waals surface area (Å²) in [6.07, 6.45) is 0.835. The summed E-state index contributed by atoms with van der Waals surface area (Å²) in [6, 6.07) is 12.4. The summed E-state index contributed by atoms with van der Waals surface area (Å²) < 4.78 is 0. The van der Waals surface area contributed by atoms with Crippen LogP contribution in [0.3, 0.4) is 0 Å². The Morgan fingerprint density at radius 2 is 2.00 bits per heavy atom. The predicted molar refractivity (Wildman–Crippen MR) is 79.6 cm³/mol. The largest absolute Gasteiger partial charge is 0.299 e. The monoisotopic (exact) mass is 262 g/mol. The molecule has 1 aromatic carbocycles. The van der Waals surface area contributed by atoms with E-state index in [-0.39, 0.29) is 0 Å². The molecule has 1 atom stereocenters. The lowest BCUT2D eigenvalue weighted by molar-refractivity contribution is 0.456. The Morgan fingerprint density at radius 1 is 1.33 bits per heavy atom. The number of benzene rings is 1. The van der Waals surface area contributed by atoms with Gasteiger partial charge in [-0.1, -0.05) is 44.2 Å². The molecule has 0 fully saturated rings. The zero-order valence-corrected chi connectivity index (χ0v) is 12.3. The van der Waals surface area contributed by atoms with Gasteiger partial charge in [0.15, 0.2) is 0 Å². The molecule has 0 heterocycles. The minimum absolute atomic E-state index is 0.550. The van der Waals surface area contributed by atoms with E-state index in [1.54, 1.807) is 0 Å². The van der Waals surface area contributed by atoms with Crippen LogP contribution in [-0.2, 0) is 5.54 Å². The van der Waals surface area contributed by atoms with E-state index >= 15 is 0 Å². The fourth-order valence-corrected chi connectivity index (χ4v) is 2.95. The Hall–Kier alpha value is -0.980. The molecule has 0 bridgehead atoms. The van der Waals surface area contributed by atoms with Crippen molar-refractivity contribution in [3.05, 3.63) is 35.9 Å². The van der Waals surface area contributed by atoms with Gasteiger partial charge in [0.2, 0.25) is 0 Å². The number of rotatable bonds is 7. The van der Waals surface area contributed by atoms with E-state index in [0.717, 1.165) is 23.5 Å². The summed E-state index contributed by atoms with van der Waals surface area (Å²) in [6.45, 7) is 4.44. The molecule has 0 amide bonds. The molecule has 0 aromatic heterocycles. The van der Waals surface area contributed by atoms with Gasteiger partial charge in [-0.3, -0.25) is 5.32 Å². The molecule has 0 aliphatic carbocycles. The Balaban J connectivity index is 2.68. The average Bonchev–Trinajstić information content (AvgIpc) is 2.40. The van der Waals surface area contributed by atoms with Crippen LogP contribution in [0.25, 0.3) is 0 Å². The molecular formula is C15H22N2S. The van der Waals surface area contributed by atoms with Gasteiger partial charge in [-0.05, 0) is 36.5 Å². The maximum absolute atomic E-state index is 9.52. The first-order chi connectivity index (χ1) is 8.64. The van der Waals surface area contributed by atoms with Crippen molar-refractivity contribution in [1.82, 2.24) is 5.32 Å². The minimum Gasteiger partial charge on any atom is -0.299 e. The molecule has 1 N–H and O–H groups in total. The quantitative estimate of drug-likeness (QED) is 0.765. The summed E-state index contributed by atoms with van der Waals surface area (Å²) in [5.41, 5.74) is 0.505. The first-order valence-corrected chi connectivity index (χ1v) is 7.53. The van der Waals surface area contributed by atoms with Crippen LogP contribution in [-0.4, -0.2) is 18.6 Å². The minimum atomic E-state index is -0.550. The van der Waals surface area contributed by atoms with Crippen molar-refractivity contribution in [2.45, 2.75) is 25.8 Å². The van der Waals surface area contributed by atoms with Crippen LogP contribution in [0.4, 0.5) is 0 Å². The molecule has 0 saturated carbocycles. The van der Waals surface area contributed by atoms with Gasteiger partial charge < -0.3 is 0 Å². The van der Waals surface area contributed by atoms with E-state index in [2.05, 4.69) is 25.2 Å². The Kier molecular flexibility index (Phi) is 6.24. The van der Waals surface area contributed by atoms with Gasteiger partial charge in [0.1, 0.15) is 5.54 Å². The summed E-state index contributed by atoms with van der Waals surface area (Å²) in [7, 11) is 1.86. The van der Waals surface area contributed by atoms with Crippen LogP contribution in [0.1, 0.15) is 25.8 Å². The van der Waals surface area contributed by atoms with Crippen LogP contribution in [0.5, 0.6) is 0 Å². The van der Waals surface area contributed by atoms with Crippen LogP contribution >= 0.6 is 11.8 Å². The van der Waals surface area contributed by atoms with Gasteiger partial charge in [-0.15, -0.1) is 0 Å². The van der Waals surface area contributed by atoms with Gasteiger partial charge in [0.25, 0.3) is 0 Å². The molecule has 0 saturated heterocycles. The third kappa shape index (κ3) is 4.04. The van der Waals surface area contributed by atoms with Crippen LogP contribution in [0, 0.1) is 17.2 Å². The fraction of sp³-hybridized carbons (Fsp3) is 0.533. The molecule has 98 valence electrons. The zero-order chi connectivity index (χ0) is 13.4. The van der Waals surface area contributed by atoms with E-state index in [9.17, 15) is 5.26 Å². The number of thioether (sulfide) groups is 1. The molecule has 2 nitrogen and oxygen atoms in total. The topological polar surface area (TPSA) is 35.8 Å². The van der Waals surface area contributed by atoms with E-state index in [4.69, 9.17) is 0 Å². The first-order valence-electron chi connectivity index (χ1n) is 6.38. The van der Waals surface area contributed by atoms with Crippen molar-refractivity contribution in [1.29, 1.82) is 5.26 Å². The van der Waals surface area contributed by atoms with Crippen LogP contribution in [0.15, 0.2) is 30.3 Å². The summed E-state index contributed by atoms with van der Waals surface area (Å²) in [5.74, 6) is 2.86. The van der Waals surface area contributed by atoms with Crippen molar-refractivity contribution in [3.63, 3.8) is 0 Å². The Labute approximate surface area is 115 Å². The van der Waals surface area contributed by atoms with E-state index in [1.807, 2.05) is 49.1 Å². The van der Waals surface area contributed by atoms with E-state index < -0.39 is 5.54 Å². The van der Waals surface area contributed by atoms with Crippen LogP contribution < -0.4 is 5.32 Å². The highest BCUT2D eigenvalue weighted by atomic mass is 32.2. The lowest BCUT2D eigenvalue weighted by Crippen LogP contribution is -2.39. The maximum atomic E-state index is 9.52. The van der Waals surface area contributed by atoms with Crippen molar-refractivity contribution >= 4 is 11.8 Å². The highest BCUT2D eigenvalue weighted by molar-refractivity contribution is 7.99. The fourth-order valence-electron chi connectivity index (χ4n) is 1.86. The second-order valence-corrected chi connectivity index (χ2v) is 6.00. The SMILES string of the molecule is CNC(C#N)(CCSCC(C)C)c1ccccc1. The van der Waals surface area contributed by atoms with Gasteiger partial charge in [-0.2, -0.15) is 17.0 Å². The van der Waals surface area contributed by atoms with Crippen LogP contribution in [0.2, 0.25) is 0 Å². The van der Waals surface area contributed by atoms with Crippen molar-refractivity contribution in [2.24, 2.45) is 5.92 Å². The van der Waals surface area contributed by atoms with Gasteiger partial charge in [0, 0.05) is 0 Å². The summed E-state index contributed by atoms with van der Waals surface area (Å²) in [5, 5.41) is 12.7. The highest BCUT2D eigenvalue weighted by Gasteiger charge is 2.29. The second kappa shape index (κ2) is 7.45. The van der Waals surface area contributed by atoms with Gasteiger partial charge >= 0.3 is 0 Å². The lowest BCUT2D eigenvalue weighted by atomic mass is 9.89. The van der Waals surface area contributed by atoms with Gasteiger partial charge in [-0.25, -0.2) is 0 Å². The molecule has 1 unspecified atom stereocenters. The molecule has 1 aromatic rings. The highest BCUT2D eigenvalue weighted by Crippen LogP contribution is 2.26. The second-order valence-electron chi connectivity index (χ2n) is 4.85. The smallest absolute Gasteiger partial charge is 0.132 e. The molecule has 0 aliphatic rings. The number of nitrogens with zero attached hydrogens (tertiary/aromatic N) is 1. The third-order valence-electron chi connectivity index (χ3n) is 2.96. The summed E-state index contributed by atoms with van der Waals surface area (Å²) >= 11 is 1.92. The van der Waals surface area contributed by atoms with Crippen molar-refractivity contribution in [2.75, 3.05) is 18.6 Å². The number of hydrogen-bond acceptors (Lipinski definition) is 3. The number of nitriles is 1. The van der Waals surface area contributed by atoms with E-state index in [0.29, 0.717) is 5.92 Å². The lowest BCUT2D eigenvalue weighted by Gasteiger charge is -2.26. The molecule has 0 aliphatic heterocycles. The predicted octanol–water partition coefficient (Wildman–Crippen LogP) is 3.40. The van der Waals surface area contributed by atoms with E-state index in [1.165, 1.54) is 0 Å². The van der Waals surface area contributed by atoms with Gasteiger partial charge in [0.05, 0.1) is 6.07 Å². The molecule has 0 radical (unpaired) electrons. The molecular weight excluding hydrogens is 240 g/mol. The average molecular weight is 262 g/mol. The molecule has 3 heteroatoms. The molecule has 1 rings (SSSR count). The normalized spacial score (nSPS) is 14.2. The van der Waals surface area contributed by atoms with Crippen molar-refractivity contribution < 1.29 is 0 Å². The standard InChI is InChI=1S/C15H22N2S/c1-13(2)11-18-10-9-15(12-16,17-3)14-7-5-4-6-8-14/h4-8,13,17H,9-11H2,1-3H3. The Morgan fingerprint density at radius 3 is 2.50 bits per heavy atom. The zero-order valence-electron chi connectivity index (χ0n) is 11.4. The number of nitrogens with one attached hydrogen (secondary N) is 1. The number of hydrogen-bond donors (Lipinski definition) is 1. The molecule has 0 spiro atoms. The maximum Gasteiger partial charge on any atom is 0.132 e. The van der Waals surface area contributed by atoms with Crippen molar-refractivity contribution in [3.8, 4) is 6.07 Å². The molecule has 18 heavy (non-hydrogen) atoms.